The summed E-state index contributed by atoms with van der Waals surface area (Å²) in [4.78, 5) is 37.9. The molecule has 1 aliphatic rings. The van der Waals surface area contributed by atoms with Crippen LogP contribution < -0.4 is 25.0 Å². The first-order chi connectivity index (χ1) is 15.8. The van der Waals surface area contributed by atoms with E-state index in [2.05, 4.69) is 4.74 Å². The monoisotopic (exact) mass is 491 g/mol. The second-order valence-corrected chi connectivity index (χ2v) is 6.74. The highest BCUT2D eigenvalue weighted by Crippen LogP contribution is 2.37. The van der Waals surface area contributed by atoms with Crippen LogP contribution in [-0.2, 0) is 4.79 Å². The van der Waals surface area contributed by atoms with E-state index in [1.54, 1.807) is 6.92 Å². The number of anilines is 1. The molecule has 0 saturated carbocycles. The number of imide groups is 1. The van der Waals surface area contributed by atoms with Crippen LogP contribution in [0.2, 0.25) is 0 Å². The number of urea groups is 1. The molecule has 2 aromatic carbocycles. The third kappa shape index (κ3) is 4.70. The fourth-order valence-corrected chi connectivity index (χ4v) is 3.08. The van der Waals surface area contributed by atoms with Crippen LogP contribution in [0.4, 0.5) is 36.8 Å². The number of carbonyl (C=O) groups excluding carboxylic acids is 3. The third-order valence-corrected chi connectivity index (χ3v) is 4.51. The number of ether oxygens (including phenoxy) is 2. The average Bonchev–Trinajstić information content (AvgIpc) is 2.98. The van der Waals surface area contributed by atoms with Gasteiger partial charge in [0.2, 0.25) is 0 Å². The molecule has 3 rings (SSSR count). The summed E-state index contributed by atoms with van der Waals surface area (Å²) >= 11 is 0. The van der Waals surface area contributed by atoms with Crippen molar-refractivity contribution < 1.29 is 50.2 Å². The first-order valence-electron chi connectivity index (χ1n) is 9.42. The smallest absolute Gasteiger partial charge is 0.493 e. The first-order valence-corrected chi connectivity index (χ1v) is 9.42. The number of hydrogen-bond donors (Lipinski definition) is 2. The number of carbonyl (C=O) groups is 3. The van der Waals surface area contributed by atoms with E-state index in [0.29, 0.717) is 12.1 Å². The third-order valence-electron chi connectivity index (χ3n) is 4.51. The van der Waals surface area contributed by atoms with Gasteiger partial charge in [-0.25, -0.2) is 9.69 Å². The molecule has 0 aromatic heterocycles. The Morgan fingerprint density at radius 2 is 1.65 bits per heavy atom. The van der Waals surface area contributed by atoms with E-state index in [0.717, 1.165) is 18.2 Å². The molecule has 1 saturated heterocycles. The summed E-state index contributed by atoms with van der Waals surface area (Å²) in [5, 5.41) is 2.97. The van der Waals surface area contributed by atoms with Crippen molar-refractivity contribution in [1.29, 1.82) is 0 Å². The summed E-state index contributed by atoms with van der Waals surface area (Å²) in [7, 11) is 0. The van der Waals surface area contributed by atoms with Gasteiger partial charge in [-0.1, -0.05) is 12.1 Å². The van der Waals surface area contributed by atoms with Crippen molar-refractivity contribution in [3.8, 4) is 11.5 Å². The molecular formula is C20H15F6N3O5. The van der Waals surface area contributed by atoms with E-state index in [9.17, 15) is 40.7 Å². The zero-order valence-electron chi connectivity index (χ0n) is 17.1. The average molecular weight is 491 g/mol. The summed E-state index contributed by atoms with van der Waals surface area (Å²) in [6, 6.07) is 6.69. The fraction of sp³-hybridized carbons (Fsp3) is 0.250. The van der Waals surface area contributed by atoms with Crippen molar-refractivity contribution in [3.63, 3.8) is 0 Å². The lowest BCUT2D eigenvalue weighted by atomic mass is 10.1. The van der Waals surface area contributed by atoms with Crippen LogP contribution in [0.25, 0.3) is 0 Å². The first kappa shape index (κ1) is 24.7. The van der Waals surface area contributed by atoms with Gasteiger partial charge in [-0.2, -0.15) is 13.2 Å². The van der Waals surface area contributed by atoms with Crippen LogP contribution in [0.15, 0.2) is 48.5 Å². The van der Waals surface area contributed by atoms with Crippen LogP contribution in [0.1, 0.15) is 17.3 Å². The maximum atomic E-state index is 14.1. The quantitative estimate of drug-likeness (QED) is 0.474. The number of nitrogens with zero attached hydrogens (tertiary/aromatic N) is 1. The van der Waals surface area contributed by atoms with Crippen LogP contribution in [0, 0.1) is 0 Å². The second-order valence-electron chi connectivity index (χ2n) is 6.74. The van der Waals surface area contributed by atoms with Gasteiger partial charge in [0.05, 0.1) is 17.9 Å². The maximum absolute atomic E-state index is 14.1. The molecule has 34 heavy (non-hydrogen) atoms. The van der Waals surface area contributed by atoms with Gasteiger partial charge in [-0.15, -0.1) is 13.2 Å². The molecule has 2 N–H and O–H groups in total. The molecule has 0 unspecified atom stereocenters. The summed E-state index contributed by atoms with van der Waals surface area (Å²) in [6.45, 7) is 1.67. The topological polar surface area (TPSA) is 97.0 Å². The minimum Gasteiger partial charge on any atom is -0.493 e. The van der Waals surface area contributed by atoms with Gasteiger partial charge in [0.1, 0.15) is 11.5 Å². The predicted molar refractivity (Wildman–Crippen MR) is 103 cm³/mol. The Balaban J connectivity index is 1.95. The minimum absolute atomic E-state index is 0.0413. The lowest BCUT2D eigenvalue weighted by molar-refractivity contribution is -0.274. The standard InChI is InChI=1S/C20H15F6N3O5/c1-2-33-14-6-4-3-5-13(14)15(30)27-18(19(21,22)23)16(31)29(17(32)28-18)11-7-9-12(10-8-11)34-20(24,25)26/h3-10H,2H2,1H3,(H,27,30)(H,28,32)/t18-/m0/s1. The maximum Gasteiger partial charge on any atom is 0.573 e. The van der Waals surface area contributed by atoms with Crippen molar-refractivity contribution >= 4 is 23.5 Å². The SMILES string of the molecule is CCOc1ccccc1C(=O)N[C@]1(C(F)(F)F)NC(=O)N(c2ccc(OC(F)(F)F)cc2)C1=O. The van der Waals surface area contributed by atoms with Crippen LogP contribution in [0.5, 0.6) is 11.5 Å². The molecule has 0 radical (unpaired) electrons. The van der Waals surface area contributed by atoms with E-state index in [4.69, 9.17) is 4.74 Å². The molecule has 1 aliphatic heterocycles. The van der Waals surface area contributed by atoms with E-state index in [-0.39, 0.29) is 22.8 Å². The normalized spacial score (nSPS) is 18.5. The van der Waals surface area contributed by atoms with Gasteiger partial charge in [0, 0.05) is 0 Å². The molecular weight excluding hydrogens is 476 g/mol. The lowest BCUT2D eigenvalue weighted by Gasteiger charge is -2.30. The molecule has 8 nitrogen and oxygen atoms in total. The van der Waals surface area contributed by atoms with Gasteiger partial charge < -0.3 is 14.8 Å². The molecule has 1 heterocycles. The number of para-hydroxylation sites is 1. The molecule has 14 heteroatoms. The second kappa shape index (κ2) is 8.76. The van der Waals surface area contributed by atoms with Crippen LogP contribution in [-0.4, -0.2) is 42.7 Å². The Hall–Kier alpha value is -3.97. The van der Waals surface area contributed by atoms with Gasteiger partial charge in [0.25, 0.3) is 17.5 Å². The molecule has 0 spiro atoms. The van der Waals surface area contributed by atoms with E-state index < -0.39 is 47.5 Å². The summed E-state index contributed by atoms with van der Waals surface area (Å²) in [5.74, 6) is -4.08. The Morgan fingerprint density at radius 1 is 1.03 bits per heavy atom. The number of nitrogens with one attached hydrogen (secondary N) is 2. The molecule has 0 bridgehead atoms. The van der Waals surface area contributed by atoms with E-state index in [1.807, 2.05) is 0 Å². The zero-order valence-corrected chi connectivity index (χ0v) is 17.1. The van der Waals surface area contributed by atoms with Gasteiger partial charge in [-0.05, 0) is 43.3 Å². The summed E-state index contributed by atoms with van der Waals surface area (Å²) < 4.78 is 87.9. The Labute approximate surface area is 187 Å². The number of alkyl halides is 6. The van der Waals surface area contributed by atoms with Gasteiger partial charge >= 0.3 is 18.6 Å². The van der Waals surface area contributed by atoms with Gasteiger partial charge in [0.15, 0.2) is 0 Å². The van der Waals surface area contributed by atoms with E-state index in [1.165, 1.54) is 28.8 Å². The molecule has 4 amide bonds. The van der Waals surface area contributed by atoms with Crippen molar-refractivity contribution in [2.45, 2.75) is 25.1 Å². The molecule has 1 fully saturated rings. The number of rotatable bonds is 6. The van der Waals surface area contributed by atoms with Crippen molar-refractivity contribution in [2.75, 3.05) is 11.5 Å². The molecule has 2 aromatic rings. The van der Waals surface area contributed by atoms with Crippen LogP contribution in [0.3, 0.4) is 0 Å². The number of amides is 4. The van der Waals surface area contributed by atoms with Crippen molar-refractivity contribution in [1.82, 2.24) is 10.6 Å². The Morgan fingerprint density at radius 3 is 2.21 bits per heavy atom. The molecule has 1 atom stereocenters. The fourth-order valence-electron chi connectivity index (χ4n) is 3.08. The zero-order chi connectivity index (χ0) is 25.3. The highest BCUT2D eigenvalue weighted by atomic mass is 19.4. The lowest BCUT2D eigenvalue weighted by Crippen LogP contribution is -2.69. The number of benzene rings is 2. The minimum atomic E-state index is -5.50. The number of halogens is 6. The molecule has 182 valence electrons. The van der Waals surface area contributed by atoms with E-state index >= 15 is 0 Å². The predicted octanol–water partition coefficient (Wildman–Crippen LogP) is 3.73. The van der Waals surface area contributed by atoms with Gasteiger partial charge in [-0.3, -0.25) is 14.9 Å². The highest BCUT2D eigenvalue weighted by Gasteiger charge is 2.69. The van der Waals surface area contributed by atoms with Crippen LogP contribution >= 0.6 is 0 Å². The van der Waals surface area contributed by atoms with Crippen molar-refractivity contribution in [3.05, 3.63) is 54.1 Å². The molecule has 0 aliphatic carbocycles. The van der Waals surface area contributed by atoms with Crippen molar-refractivity contribution in [2.24, 2.45) is 0 Å². The Bertz CT molecular complexity index is 1100. The summed E-state index contributed by atoms with van der Waals surface area (Å²) in [5.41, 5.74) is -4.67. The summed E-state index contributed by atoms with van der Waals surface area (Å²) in [6.07, 6.45) is -10.5. The highest BCUT2D eigenvalue weighted by molar-refractivity contribution is 6.24. The Kier molecular flexibility index (Phi) is 6.35. The largest absolute Gasteiger partial charge is 0.573 e. The number of hydrogen-bond acceptors (Lipinski definition) is 5.